The van der Waals surface area contributed by atoms with E-state index in [-0.39, 0.29) is 11.3 Å². The molecule has 0 spiro atoms. The fourth-order valence-corrected chi connectivity index (χ4v) is 2.22. The number of hydrogen-bond acceptors (Lipinski definition) is 4. The number of fused-ring (bicyclic) bond motifs is 1. The van der Waals surface area contributed by atoms with Crippen LogP contribution >= 0.6 is 15.9 Å². The quantitative estimate of drug-likeness (QED) is 0.832. The number of H-pyrrole nitrogens is 1. The summed E-state index contributed by atoms with van der Waals surface area (Å²) in [5, 5.41) is 30.2. The van der Waals surface area contributed by atoms with Crippen LogP contribution in [0.4, 0.5) is 5.69 Å². The van der Waals surface area contributed by atoms with Gasteiger partial charge >= 0.3 is 0 Å². The number of allylic oxidation sites excluding steroid dienone is 2. The van der Waals surface area contributed by atoms with Crippen LogP contribution in [0.1, 0.15) is 0 Å². The van der Waals surface area contributed by atoms with Crippen molar-refractivity contribution in [1.82, 2.24) is 4.98 Å². The zero-order valence-electron chi connectivity index (χ0n) is 9.53. The molecule has 0 aliphatic carbocycles. The molecule has 0 aliphatic heterocycles. The molecule has 0 unspecified atom stereocenters. The first-order chi connectivity index (χ1) is 9.19. The van der Waals surface area contributed by atoms with Gasteiger partial charge in [0.05, 0.1) is 5.52 Å². The average molecular weight is 312 g/mol. The van der Waals surface area contributed by atoms with Crippen LogP contribution in [0.5, 0.6) is 0 Å². The molecule has 1 heterocycles. The number of aromatic nitrogens is 1. The van der Waals surface area contributed by atoms with Gasteiger partial charge in [-0.25, -0.2) is 0 Å². The van der Waals surface area contributed by atoms with Crippen LogP contribution in [0, 0.1) is 34.0 Å². The third-order valence-corrected chi connectivity index (χ3v) is 3.09. The molecular weight excluding hydrogens is 306 g/mol. The van der Waals surface area contributed by atoms with E-state index in [1.807, 2.05) is 18.2 Å². The fraction of sp³-hybridized carbons (Fsp3) is 0. The van der Waals surface area contributed by atoms with Gasteiger partial charge in [0, 0.05) is 21.7 Å². The van der Waals surface area contributed by atoms with Crippen molar-refractivity contribution in [3.05, 3.63) is 40.1 Å². The maximum absolute atomic E-state index is 8.97. The molecule has 6 heteroatoms. The first kappa shape index (κ1) is 12.7. The van der Waals surface area contributed by atoms with E-state index in [4.69, 9.17) is 15.8 Å². The Morgan fingerprint density at radius 3 is 2.53 bits per heavy atom. The van der Waals surface area contributed by atoms with Crippen molar-refractivity contribution < 1.29 is 0 Å². The number of halogens is 1. The number of aromatic amines is 1. The predicted octanol–water partition coefficient (Wildman–Crippen LogP) is 3.17. The smallest absolute Gasteiger partial charge is 0.163 e. The molecule has 0 amide bonds. The largest absolute Gasteiger partial charge is 0.360 e. The van der Waals surface area contributed by atoms with Gasteiger partial charge in [-0.3, -0.25) is 0 Å². The molecule has 2 rings (SSSR count). The molecule has 0 saturated carbocycles. The Morgan fingerprint density at radius 2 is 1.89 bits per heavy atom. The van der Waals surface area contributed by atoms with Crippen LogP contribution in [0.15, 0.2) is 40.1 Å². The minimum atomic E-state index is -0.243. The molecule has 1 aromatic heterocycles. The summed E-state index contributed by atoms with van der Waals surface area (Å²) in [4.78, 5) is 3.07. The van der Waals surface area contributed by atoms with E-state index < -0.39 is 0 Å². The second-order valence-electron chi connectivity index (χ2n) is 3.61. The molecule has 19 heavy (non-hydrogen) atoms. The van der Waals surface area contributed by atoms with Gasteiger partial charge in [0.1, 0.15) is 23.9 Å². The summed E-state index contributed by atoms with van der Waals surface area (Å²) in [5.41, 5.74) is 1.26. The molecule has 1 aromatic carbocycles. The second-order valence-corrected chi connectivity index (χ2v) is 4.46. The van der Waals surface area contributed by atoms with Gasteiger partial charge in [0.15, 0.2) is 5.57 Å². The molecule has 0 radical (unpaired) electrons. The van der Waals surface area contributed by atoms with E-state index in [1.165, 1.54) is 0 Å². The highest BCUT2D eigenvalue weighted by atomic mass is 79.9. The lowest BCUT2D eigenvalue weighted by molar-refractivity contribution is 1.37. The Hall–Kier alpha value is -2.75. The lowest BCUT2D eigenvalue weighted by atomic mass is 10.2. The van der Waals surface area contributed by atoms with E-state index in [2.05, 4.69) is 26.2 Å². The van der Waals surface area contributed by atoms with Crippen LogP contribution < -0.4 is 5.32 Å². The molecule has 2 N–H and O–H groups in total. The van der Waals surface area contributed by atoms with Crippen molar-refractivity contribution in [2.45, 2.75) is 0 Å². The van der Waals surface area contributed by atoms with Crippen LogP contribution in [0.25, 0.3) is 10.9 Å². The van der Waals surface area contributed by atoms with E-state index in [1.54, 1.807) is 24.4 Å². The predicted molar refractivity (Wildman–Crippen MR) is 73.5 cm³/mol. The van der Waals surface area contributed by atoms with Crippen molar-refractivity contribution in [2.24, 2.45) is 0 Å². The minimum absolute atomic E-state index is 0.0632. The summed E-state index contributed by atoms with van der Waals surface area (Å²) in [6, 6.07) is 10.7. The van der Waals surface area contributed by atoms with E-state index in [9.17, 15) is 0 Å². The number of nitrogens with one attached hydrogen (secondary N) is 2. The fourth-order valence-electron chi connectivity index (χ4n) is 1.63. The molecule has 90 valence electrons. The topological polar surface area (TPSA) is 99.2 Å². The molecule has 2 aromatic rings. The maximum Gasteiger partial charge on any atom is 0.163 e. The normalized spacial score (nSPS) is 9.16. The summed E-state index contributed by atoms with van der Waals surface area (Å²) in [7, 11) is 0. The number of nitrogens with zero attached hydrogens (tertiary/aromatic N) is 3. The highest BCUT2D eigenvalue weighted by Crippen LogP contribution is 2.28. The maximum atomic E-state index is 8.97. The van der Waals surface area contributed by atoms with Crippen molar-refractivity contribution in [3.63, 3.8) is 0 Å². The SMILES string of the molecule is N#CC(C#N)=C(C#N)Nc1cc(Br)c2[nH]ccc2c1. The summed E-state index contributed by atoms with van der Waals surface area (Å²) in [6.07, 6.45) is 1.80. The summed E-state index contributed by atoms with van der Waals surface area (Å²) >= 11 is 3.41. The Balaban J connectivity index is 2.48. The van der Waals surface area contributed by atoms with Gasteiger partial charge in [-0.15, -0.1) is 0 Å². The third-order valence-electron chi connectivity index (χ3n) is 2.47. The Labute approximate surface area is 117 Å². The first-order valence-corrected chi connectivity index (χ1v) is 5.97. The Kier molecular flexibility index (Phi) is 3.52. The van der Waals surface area contributed by atoms with Gasteiger partial charge in [-0.2, -0.15) is 15.8 Å². The molecule has 5 nitrogen and oxygen atoms in total. The minimum Gasteiger partial charge on any atom is -0.360 e. The molecule has 0 saturated heterocycles. The molecule has 0 fully saturated rings. The first-order valence-electron chi connectivity index (χ1n) is 5.18. The van der Waals surface area contributed by atoms with Crippen molar-refractivity contribution in [1.29, 1.82) is 15.8 Å². The van der Waals surface area contributed by atoms with Gasteiger partial charge in [-0.1, -0.05) is 0 Å². The Morgan fingerprint density at radius 1 is 1.16 bits per heavy atom. The van der Waals surface area contributed by atoms with Crippen molar-refractivity contribution in [2.75, 3.05) is 5.32 Å². The summed E-state index contributed by atoms with van der Waals surface area (Å²) in [5.74, 6) is 0. The van der Waals surface area contributed by atoms with Crippen LogP contribution in [-0.2, 0) is 0 Å². The molecule has 0 atom stereocenters. The van der Waals surface area contributed by atoms with Crippen LogP contribution in [0.3, 0.4) is 0 Å². The summed E-state index contributed by atoms with van der Waals surface area (Å²) < 4.78 is 0.824. The van der Waals surface area contributed by atoms with Crippen molar-refractivity contribution >= 4 is 32.5 Å². The van der Waals surface area contributed by atoms with Gasteiger partial charge in [0.2, 0.25) is 0 Å². The standard InChI is InChI=1S/C13H6BrN5/c14-11-4-10(3-8-1-2-18-13(8)11)19-12(7-17)9(5-15)6-16/h1-4,18-19H. The second kappa shape index (κ2) is 5.27. The monoisotopic (exact) mass is 311 g/mol. The number of rotatable bonds is 2. The van der Waals surface area contributed by atoms with E-state index in [0.717, 1.165) is 15.4 Å². The zero-order chi connectivity index (χ0) is 13.8. The zero-order valence-corrected chi connectivity index (χ0v) is 11.1. The number of anilines is 1. The summed E-state index contributed by atoms with van der Waals surface area (Å²) in [6.45, 7) is 0. The van der Waals surface area contributed by atoms with Crippen LogP contribution in [-0.4, -0.2) is 4.98 Å². The number of hydrogen-bond donors (Lipinski definition) is 2. The van der Waals surface area contributed by atoms with Gasteiger partial charge in [-0.05, 0) is 34.1 Å². The van der Waals surface area contributed by atoms with E-state index >= 15 is 0 Å². The number of nitriles is 3. The van der Waals surface area contributed by atoms with Crippen LogP contribution in [0.2, 0.25) is 0 Å². The van der Waals surface area contributed by atoms with Gasteiger partial charge in [0.25, 0.3) is 0 Å². The third kappa shape index (κ3) is 2.42. The van der Waals surface area contributed by atoms with Crippen molar-refractivity contribution in [3.8, 4) is 18.2 Å². The average Bonchev–Trinajstić information content (AvgIpc) is 2.87. The highest BCUT2D eigenvalue weighted by molar-refractivity contribution is 9.10. The molecule has 0 bridgehead atoms. The molecule has 0 aliphatic rings. The highest BCUT2D eigenvalue weighted by Gasteiger charge is 2.08. The van der Waals surface area contributed by atoms with E-state index in [0.29, 0.717) is 5.69 Å². The lowest BCUT2D eigenvalue weighted by Gasteiger charge is -2.06. The van der Waals surface area contributed by atoms with Gasteiger partial charge < -0.3 is 10.3 Å². The Bertz CT molecular complexity index is 779. The lowest BCUT2D eigenvalue weighted by Crippen LogP contribution is -2.00. The number of benzene rings is 1. The molecular formula is C13H6BrN5.